The first-order chi connectivity index (χ1) is 7.00. The number of carbonyl (C=O) groups is 1. The predicted octanol–water partition coefficient (Wildman–Crippen LogP) is 2.05. The van der Waals surface area contributed by atoms with Crippen LogP contribution in [0.5, 0.6) is 0 Å². The normalized spacial score (nSPS) is 9.73. The van der Waals surface area contributed by atoms with Crippen LogP contribution in [0.3, 0.4) is 0 Å². The van der Waals surface area contributed by atoms with E-state index in [0.717, 1.165) is 6.07 Å². The number of hydrogen-bond donors (Lipinski definition) is 2. The van der Waals surface area contributed by atoms with Gasteiger partial charge in [-0.25, -0.2) is 4.39 Å². The highest BCUT2D eigenvalue weighted by Crippen LogP contribution is 2.12. The summed E-state index contributed by atoms with van der Waals surface area (Å²) in [5.41, 5.74) is 5.73. The van der Waals surface area contributed by atoms with Crippen LogP contribution in [-0.2, 0) is 0 Å². The molecule has 0 unspecified atom stereocenters. The van der Waals surface area contributed by atoms with Crippen LogP contribution < -0.4 is 11.1 Å². The molecule has 0 saturated carbocycles. The van der Waals surface area contributed by atoms with Gasteiger partial charge in [-0.2, -0.15) is 0 Å². The maximum atomic E-state index is 13.2. The molecule has 5 heteroatoms. The second kappa shape index (κ2) is 4.93. The lowest BCUT2D eigenvalue weighted by molar-refractivity contribution is 0.0954. The number of nitrogens with one attached hydrogen (secondary N) is 1. The Kier molecular flexibility index (Phi) is 3.85. The van der Waals surface area contributed by atoms with Gasteiger partial charge in [-0.15, -0.1) is 0 Å². The van der Waals surface area contributed by atoms with Crippen molar-refractivity contribution in [2.24, 2.45) is 0 Å². The zero-order valence-corrected chi connectivity index (χ0v) is 9.47. The van der Waals surface area contributed by atoms with Crippen molar-refractivity contribution in [2.45, 2.75) is 0 Å². The maximum Gasteiger partial charge on any atom is 0.254 e. The Morgan fingerprint density at radius 2 is 2.27 bits per heavy atom. The van der Waals surface area contributed by atoms with E-state index >= 15 is 0 Å². The molecule has 0 aliphatic carbocycles. The van der Waals surface area contributed by atoms with Crippen LogP contribution in [0, 0.1) is 5.82 Å². The van der Waals surface area contributed by atoms with Crippen LogP contribution in [0.4, 0.5) is 10.1 Å². The van der Waals surface area contributed by atoms with E-state index in [4.69, 9.17) is 5.73 Å². The third-order valence-corrected chi connectivity index (χ3v) is 1.96. The topological polar surface area (TPSA) is 55.1 Å². The fourth-order valence-corrected chi connectivity index (χ4v) is 1.13. The monoisotopic (exact) mass is 272 g/mol. The number of hydrogen-bond acceptors (Lipinski definition) is 2. The fourth-order valence-electron chi connectivity index (χ4n) is 0.988. The van der Waals surface area contributed by atoms with Crippen LogP contribution in [0.1, 0.15) is 10.4 Å². The molecule has 80 valence electrons. The van der Waals surface area contributed by atoms with E-state index in [9.17, 15) is 9.18 Å². The number of carbonyl (C=O) groups excluding carboxylic acids is 1. The minimum atomic E-state index is -0.595. The Hall–Kier alpha value is -1.36. The van der Waals surface area contributed by atoms with E-state index in [1.165, 1.54) is 12.1 Å². The third-order valence-electron chi connectivity index (χ3n) is 1.68. The first-order valence-electron chi connectivity index (χ1n) is 4.17. The van der Waals surface area contributed by atoms with E-state index in [1.54, 1.807) is 0 Å². The Morgan fingerprint density at radius 1 is 1.60 bits per heavy atom. The smallest absolute Gasteiger partial charge is 0.254 e. The molecular weight excluding hydrogens is 263 g/mol. The number of nitrogens with two attached hydrogens (primary N) is 1. The zero-order chi connectivity index (χ0) is 11.4. The molecule has 15 heavy (non-hydrogen) atoms. The van der Waals surface area contributed by atoms with Crippen molar-refractivity contribution >= 4 is 27.5 Å². The molecule has 0 saturated heterocycles. The van der Waals surface area contributed by atoms with E-state index in [-0.39, 0.29) is 12.1 Å². The lowest BCUT2D eigenvalue weighted by Gasteiger charge is -2.05. The Morgan fingerprint density at radius 3 is 2.87 bits per heavy atom. The highest BCUT2D eigenvalue weighted by Gasteiger charge is 2.11. The lowest BCUT2D eigenvalue weighted by Crippen LogP contribution is -2.25. The predicted molar refractivity (Wildman–Crippen MR) is 61.2 cm³/mol. The number of rotatable bonds is 3. The third kappa shape index (κ3) is 3.36. The number of nitrogen functional groups attached to an aromatic ring is 1. The highest BCUT2D eigenvalue weighted by molar-refractivity contribution is 9.11. The van der Waals surface area contributed by atoms with Crippen molar-refractivity contribution in [3.63, 3.8) is 0 Å². The van der Waals surface area contributed by atoms with Gasteiger partial charge < -0.3 is 11.1 Å². The van der Waals surface area contributed by atoms with Crippen molar-refractivity contribution < 1.29 is 9.18 Å². The number of anilines is 1. The SMILES string of the molecule is C=C(Br)CNC(=O)c1cc(N)ccc1F. The molecule has 1 amide bonds. The quantitative estimate of drug-likeness (QED) is 0.828. The van der Waals surface area contributed by atoms with Crippen molar-refractivity contribution in [3.05, 3.63) is 40.6 Å². The molecule has 0 radical (unpaired) electrons. The zero-order valence-electron chi connectivity index (χ0n) is 7.89. The summed E-state index contributed by atoms with van der Waals surface area (Å²) >= 11 is 3.08. The van der Waals surface area contributed by atoms with Crippen LogP contribution >= 0.6 is 15.9 Å². The summed E-state index contributed by atoms with van der Waals surface area (Å²) in [5.74, 6) is -1.11. The van der Waals surface area contributed by atoms with Crippen molar-refractivity contribution in [2.75, 3.05) is 12.3 Å². The molecule has 1 aromatic rings. The van der Waals surface area contributed by atoms with Gasteiger partial charge in [0, 0.05) is 16.7 Å². The molecule has 0 bridgehead atoms. The summed E-state index contributed by atoms with van der Waals surface area (Å²) < 4.78 is 13.8. The standard InChI is InChI=1S/C10H10BrFN2O/c1-6(11)5-14-10(15)8-4-7(13)2-3-9(8)12/h2-4H,1,5,13H2,(H,14,15). The van der Waals surface area contributed by atoms with Crippen LogP contribution in [0.15, 0.2) is 29.3 Å². The van der Waals surface area contributed by atoms with Crippen molar-refractivity contribution in [1.29, 1.82) is 0 Å². The Balaban J connectivity index is 2.81. The first kappa shape index (κ1) is 11.7. The summed E-state index contributed by atoms with van der Waals surface area (Å²) in [7, 11) is 0. The second-order valence-electron chi connectivity index (χ2n) is 2.94. The number of amides is 1. The molecular formula is C10H10BrFN2O. The highest BCUT2D eigenvalue weighted by atomic mass is 79.9. The summed E-state index contributed by atoms with van der Waals surface area (Å²) in [6.07, 6.45) is 0. The minimum Gasteiger partial charge on any atom is -0.399 e. The molecule has 0 aliphatic rings. The lowest BCUT2D eigenvalue weighted by atomic mass is 10.2. The van der Waals surface area contributed by atoms with Gasteiger partial charge in [-0.05, 0) is 18.2 Å². The van der Waals surface area contributed by atoms with E-state index in [0.29, 0.717) is 10.2 Å². The van der Waals surface area contributed by atoms with Gasteiger partial charge in [-0.1, -0.05) is 22.5 Å². The summed E-state index contributed by atoms with van der Waals surface area (Å²) in [6, 6.07) is 3.85. The van der Waals surface area contributed by atoms with Crippen molar-refractivity contribution in [3.8, 4) is 0 Å². The minimum absolute atomic E-state index is 0.0660. The molecule has 0 fully saturated rings. The van der Waals surface area contributed by atoms with Gasteiger partial charge in [0.05, 0.1) is 5.56 Å². The first-order valence-corrected chi connectivity index (χ1v) is 4.96. The van der Waals surface area contributed by atoms with E-state index in [2.05, 4.69) is 27.8 Å². The molecule has 1 aromatic carbocycles. The van der Waals surface area contributed by atoms with Gasteiger partial charge in [0.2, 0.25) is 0 Å². The van der Waals surface area contributed by atoms with Crippen LogP contribution in [0.2, 0.25) is 0 Å². The van der Waals surface area contributed by atoms with Gasteiger partial charge in [-0.3, -0.25) is 4.79 Å². The molecule has 1 rings (SSSR count). The Bertz CT molecular complexity index is 406. The summed E-state index contributed by atoms with van der Waals surface area (Å²) in [6.45, 7) is 3.79. The number of halogens is 2. The van der Waals surface area contributed by atoms with Gasteiger partial charge in [0.15, 0.2) is 0 Å². The van der Waals surface area contributed by atoms with E-state index in [1.807, 2.05) is 0 Å². The summed E-state index contributed by atoms with van der Waals surface area (Å²) in [5, 5.41) is 2.49. The molecule has 0 spiro atoms. The van der Waals surface area contributed by atoms with Crippen molar-refractivity contribution in [1.82, 2.24) is 5.32 Å². The van der Waals surface area contributed by atoms with E-state index < -0.39 is 11.7 Å². The summed E-state index contributed by atoms with van der Waals surface area (Å²) in [4.78, 5) is 11.5. The van der Waals surface area contributed by atoms with Gasteiger partial charge in [0.25, 0.3) is 5.91 Å². The molecule has 3 N–H and O–H groups in total. The molecule has 3 nitrogen and oxygen atoms in total. The average molecular weight is 273 g/mol. The number of benzene rings is 1. The fraction of sp³-hybridized carbons (Fsp3) is 0.100. The maximum absolute atomic E-state index is 13.2. The largest absolute Gasteiger partial charge is 0.399 e. The molecule has 0 aliphatic heterocycles. The second-order valence-corrected chi connectivity index (χ2v) is 4.06. The molecule has 0 atom stereocenters. The average Bonchev–Trinajstić information content (AvgIpc) is 2.18. The Labute approximate surface area is 95.3 Å². The molecule has 0 heterocycles. The molecule has 0 aromatic heterocycles. The van der Waals surface area contributed by atoms with Crippen LogP contribution in [-0.4, -0.2) is 12.5 Å². The van der Waals surface area contributed by atoms with Gasteiger partial charge >= 0.3 is 0 Å². The van der Waals surface area contributed by atoms with Crippen LogP contribution in [0.25, 0.3) is 0 Å². The van der Waals surface area contributed by atoms with Gasteiger partial charge in [0.1, 0.15) is 5.82 Å².